The lowest BCUT2D eigenvalue weighted by Gasteiger charge is -2.63. The van der Waals surface area contributed by atoms with Crippen LogP contribution < -0.4 is 9.13 Å². The maximum atomic E-state index is 6.23. The predicted molar refractivity (Wildman–Crippen MR) is 343 cm³/mol. The van der Waals surface area contributed by atoms with Crippen molar-refractivity contribution in [3.05, 3.63) is 189 Å². The summed E-state index contributed by atoms with van der Waals surface area (Å²) in [5.41, 5.74) is 17.5. The van der Waals surface area contributed by atoms with E-state index in [1.165, 1.54) is 55.9 Å². The fourth-order valence-corrected chi connectivity index (χ4v) is 49.4. The van der Waals surface area contributed by atoms with Gasteiger partial charge in [0.25, 0.3) is 0 Å². The van der Waals surface area contributed by atoms with Gasteiger partial charge < -0.3 is 9.13 Å². The number of amidine groups is 2. The van der Waals surface area contributed by atoms with Gasteiger partial charge in [0, 0.05) is 22.5 Å². The van der Waals surface area contributed by atoms with Crippen LogP contribution in [0.25, 0.3) is 0 Å². The highest BCUT2D eigenvalue weighted by Gasteiger charge is 2.73. The van der Waals surface area contributed by atoms with Crippen molar-refractivity contribution >= 4 is 69.1 Å². The van der Waals surface area contributed by atoms with Crippen LogP contribution in [0.4, 0.5) is 22.7 Å². The Morgan fingerprint density at radius 3 is 0.750 bits per heavy atom. The molecule has 6 aromatic rings. The highest BCUT2D eigenvalue weighted by atomic mass is 32.9. The number of anilines is 2. The molecule has 0 N–H and O–H groups in total. The monoisotopic (exact) mass is 1090 g/mol. The van der Waals surface area contributed by atoms with Gasteiger partial charge >= 0.3 is 13.4 Å². The van der Waals surface area contributed by atoms with Gasteiger partial charge in [0.05, 0.1) is 11.4 Å². The molecule has 0 radical (unpaired) electrons. The summed E-state index contributed by atoms with van der Waals surface area (Å²) >= 11 is 0. The normalized spacial score (nSPS) is 17.5. The van der Waals surface area contributed by atoms with Crippen LogP contribution in [0, 0.1) is 0 Å². The number of hydrogen-bond donors (Lipinski definition) is 0. The highest BCUT2D eigenvalue weighted by molar-refractivity contribution is 8.98. The molecule has 1 heterocycles. The quantitative estimate of drug-likeness (QED) is 0.0485. The van der Waals surface area contributed by atoms with Crippen molar-refractivity contribution in [2.24, 2.45) is 9.98 Å². The summed E-state index contributed by atoms with van der Waals surface area (Å²) in [6.07, 6.45) is 0. The van der Waals surface area contributed by atoms with Gasteiger partial charge in [-0.3, -0.25) is 9.13 Å². The van der Waals surface area contributed by atoms with Crippen LogP contribution in [0.5, 0.6) is 0 Å². The molecule has 1 fully saturated rings. The smallest absolute Gasteiger partial charge is 0.322 e. The van der Waals surface area contributed by atoms with Gasteiger partial charge in [-0.15, -0.1) is 21.3 Å². The Morgan fingerprint density at radius 1 is 0.316 bits per heavy atom. The van der Waals surface area contributed by atoms with Crippen LogP contribution >= 0.6 is 21.3 Å². The number of rotatable bonds is 18. The van der Waals surface area contributed by atoms with Crippen LogP contribution in [0.2, 0.25) is 0 Å². The Balaban J connectivity index is 1.70. The van der Waals surface area contributed by atoms with Gasteiger partial charge in [-0.05, 0) is 120 Å². The van der Waals surface area contributed by atoms with Crippen LogP contribution in [-0.2, 0) is 0 Å². The van der Waals surface area contributed by atoms with Crippen molar-refractivity contribution in [3.63, 3.8) is 0 Å². The van der Waals surface area contributed by atoms with E-state index in [0.29, 0.717) is 0 Å². The van der Waals surface area contributed by atoms with Crippen LogP contribution in [0.3, 0.4) is 0 Å². The van der Waals surface area contributed by atoms with E-state index < -0.39 is 13.4 Å². The molecule has 0 bridgehead atoms. The first-order valence-corrected chi connectivity index (χ1v) is 36.5. The van der Waals surface area contributed by atoms with Gasteiger partial charge in [-0.1, -0.05) is 244 Å². The number of benzene rings is 6. The lowest BCUT2D eigenvalue weighted by molar-refractivity contribution is 0.637. The zero-order valence-corrected chi connectivity index (χ0v) is 53.5. The summed E-state index contributed by atoms with van der Waals surface area (Å²) in [6.45, 7) is 31.3. The van der Waals surface area contributed by atoms with E-state index in [2.05, 4.69) is 312 Å². The summed E-state index contributed by atoms with van der Waals surface area (Å²) in [5, 5.41) is 0. The fourth-order valence-electron chi connectivity index (χ4n) is 10.8. The minimum Gasteiger partial charge on any atom is -0.322 e. The first-order chi connectivity index (χ1) is 36.0. The van der Waals surface area contributed by atoms with Gasteiger partial charge in [0.15, 0.2) is 0 Å². The molecular weight excluding hydrogens is 997 g/mol. The predicted octanol–water partition coefficient (Wildman–Crippen LogP) is 19.0. The molecule has 404 valence electrons. The van der Waals surface area contributed by atoms with Crippen LogP contribution in [0.1, 0.15) is 214 Å². The maximum Gasteiger partial charge on any atom is 0.367 e. The highest BCUT2D eigenvalue weighted by Crippen LogP contribution is 2.65. The zero-order valence-electron chi connectivity index (χ0n) is 49.8. The van der Waals surface area contributed by atoms with Crippen molar-refractivity contribution in [1.82, 2.24) is 9.13 Å². The molecule has 1 saturated heterocycles. The Kier molecular flexibility index (Phi) is 19.1. The number of para-hydroxylation sites is 4. The molecule has 0 atom stereocenters. The summed E-state index contributed by atoms with van der Waals surface area (Å²) in [4.78, 5) is 12.5. The van der Waals surface area contributed by atoms with E-state index in [0.717, 1.165) is 34.2 Å². The van der Waals surface area contributed by atoms with E-state index >= 15 is 0 Å². The van der Waals surface area contributed by atoms with E-state index in [9.17, 15) is 0 Å². The lowest BCUT2D eigenvalue weighted by Crippen LogP contribution is -2.80. The molecule has 7 rings (SSSR count). The van der Waals surface area contributed by atoms with Crippen molar-refractivity contribution in [3.8, 4) is 0 Å². The minimum absolute atomic E-state index is 0.248. The molecule has 0 amide bonds. The van der Waals surface area contributed by atoms with Crippen LogP contribution in [-0.4, -0.2) is 62.4 Å². The molecule has 0 aromatic heterocycles. The van der Waals surface area contributed by atoms with E-state index in [1.54, 1.807) is 0 Å². The maximum absolute atomic E-state index is 6.23. The first-order valence-electron chi connectivity index (χ1n) is 28.1. The lowest BCUT2D eigenvalue weighted by atomic mass is 9.92. The van der Waals surface area contributed by atoms with Gasteiger partial charge in [0.2, 0.25) is 0 Å². The molecule has 1 aliphatic rings. The summed E-state index contributed by atoms with van der Waals surface area (Å²) in [7, 11) is 14.0. The molecular formula is C66H90N6S2Si2. The third-order valence-corrected chi connectivity index (χ3v) is 48.6. The van der Waals surface area contributed by atoms with Gasteiger partial charge in [-0.25, -0.2) is 9.98 Å². The Morgan fingerprint density at radius 2 is 0.539 bits per heavy atom. The van der Waals surface area contributed by atoms with Gasteiger partial charge in [-0.2, -0.15) is 0 Å². The number of aliphatic imine (C=N–C) groups is 2. The number of nitrogens with zero attached hydrogens (tertiary/aromatic N) is 6. The molecule has 10 heteroatoms. The zero-order chi connectivity index (χ0) is 55.6. The Labute approximate surface area is 469 Å². The molecule has 0 saturated carbocycles. The Bertz CT molecular complexity index is 2680. The average Bonchev–Trinajstić information content (AvgIpc) is 3.36. The van der Waals surface area contributed by atoms with Crippen molar-refractivity contribution in [2.45, 2.75) is 158 Å². The van der Waals surface area contributed by atoms with E-state index in [-0.39, 0.29) is 47.3 Å². The third kappa shape index (κ3) is 11.6. The summed E-state index contributed by atoms with van der Waals surface area (Å²) < 4.78 is 11.0. The summed E-state index contributed by atoms with van der Waals surface area (Å²) in [5.74, 6) is 4.10. The molecule has 0 unspecified atom stereocenters. The molecule has 1 aliphatic heterocycles. The molecule has 76 heavy (non-hydrogen) atoms. The SMILES string of the molecule is CC(C)c1cccc(C(C)C)c1N=C(c1ccccc1)N(c1c(C(C)C)cccc1C(C)C)[Si]1(N(C)C)S[Si](N(C)C)(N(C(=Nc2c(C(C)C)cccc2C(C)C)c2ccccc2)c2c(C(C)C)cccc2C(C)C)S1. The van der Waals surface area contributed by atoms with Crippen molar-refractivity contribution in [1.29, 1.82) is 0 Å². The second kappa shape index (κ2) is 24.5. The minimum atomic E-state index is -3.12. The van der Waals surface area contributed by atoms with E-state index in [4.69, 9.17) is 9.98 Å². The topological polar surface area (TPSA) is 37.7 Å². The summed E-state index contributed by atoms with van der Waals surface area (Å²) in [6, 6.07) is 50.2. The molecule has 6 nitrogen and oxygen atoms in total. The molecule has 0 aliphatic carbocycles. The standard InChI is InChI=1S/C66H90N6S2Si2/c1-43(2)53-35-27-36-54(44(3)4)61(53)67-65(51-31-23-21-24-32-51)71(63-57(47(9)10)39-29-40-58(63)48(11)12)75(69(17)18)73-76(74-75,70(19)20)72(64-59(49(13)14)41-30-42-60(64)50(15)16)66(52-33-25-22-26-34-52)68-62-55(45(5)6)37-28-38-56(62)46(7)8/h21-50H,1-20H3. The second-order valence-electron chi connectivity index (χ2n) is 23.7. The second-order valence-corrected chi connectivity index (χ2v) is 42.3. The third-order valence-electron chi connectivity index (χ3n) is 15.0. The number of hydrogen-bond acceptors (Lipinski definition) is 6. The largest absolute Gasteiger partial charge is 0.367 e. The fraction of sp³-hybridized carbons (Fsp3) is 0.424. The first kappa shape index (κ1) is 59.0. The van der Waals surface area contributed by atoms with Gasteiger partial charge in [0.1, 0.15) is 11.7 Å². The molecule has 0 spiro atoms. The van der Waals surface area contributed by atoms with Crippen LogP contribution in [0.15, 0.2) is 143 Å². The average molecular weight is 1090 g/mol. The van der Waals surface area contributed by atoms with Crippen molar-refractivity contribution < 1.29 is 0 Å². The molecule has 6 aromatic carbocycles. The van der Waals surface area contributed by atoms with Crippen molar-refractivity contribution in [2.75, 3.05) is 37.3 Å². The van der Waals surface area contributed by atoms with E-state index in [1.807, 2.05) is 0 Å². The Hall–Kier alpha value is -4.69.